The highest BCUT2D eigenvalue weighted by molar-refractivity contribution is 5.88. The molecule has 154 valence electrons. The van der Waals surface area contributed by atoms with Crippen LogP contribution in [0.4, 0.5) is 8.78 Å². The topological polar surface area (TPSA) is 71.4 Å². The lowest BCUT2D eigenvalue weighted by Gasteiger charge is -2.22. The molecule has 0 aliphatic heterocycles. The summed E-state index contributed by atoms with van der Waals surface area (Å²) in [5, 5.41) is 8.62. The van der Waals surface area contributed by atoms with Gasteiger partial charge in [0.1, 0.15) is 5.78 Å². The van der Waals surface area contributed by atoms with Gasteiger partial charge in [0.05, 0.1) is 0 Å². The summed E-state index contributed by atoms with van der Waals surface area (Å²) >= 11 is 0. The normalized spacial score (nSPS) is 23.3. The van der Waals surface area contributed by atoms with Crippen molar-refractivity contribution in [1.82, 2.24) is 0 Å². The molecule has 1 aliphatic rings. The molecule has 0 saturated heterocycles. The SMILES string of the molecule is CC/C=C/C(F)(F)C(=O)CC[C@H]1[C@H](C)CC(=O)[C@@H]1CCCCCCC(=O)O. The van der Waals surface area contributed by atoms with Gasteiger partial charge in [0, 0.05) is 25.2 Å². The molecule has 1 saturated carbocycles. The molecule has 4 nitrogen and oxygen atoms in total. The fourth-order valence-corrected chi connectivity index (χ4v) is 3.93. The zero-order valence-electron chi connectivity index (χ0n) is 16.4. The molecule has 6 heteroatoms. The van der Waals surface area contributed by atoms with Crippen molar-refractivity contribution in [3.05, 3.63) is 12.2 Å². The van der Waals surface area contributed by atoms with Crippen molar-refractivity contribution in [2.45, 2.75) is 84.0 Å². The Balaban J connectivity index is 2.49. The number of carbonyl (C=O) groups is 3. The monoisotopic (exact) mass is 386 g/mol. The van der Waals surface area contributed by atoms with Crippen LogP contribution >= 0.6 is 0 Å². The van der Waals surface area contributed by atoms with Crippen molar-refractivity contribution in [3.8, 4) is 0 Å². The molecule has 1 aliphatic carbocycles. The van der Waals surface area contributed by atoms with Crippen LogP contribution in [0.3, 0.4) is 0 Å². The standard InChI is InChI=1S/C21H32F2O4/c1-3-4-13-21(22,23)19(25)12-11-16-15(2)14-18(24)17(16)9-7-5-6-8-10-20(26)27/h4,13,15-17H,3,5-12,14H2,1-2H3,(H,26,27)/b13-4+/t15-,16+,17-/m1/s1. The average molecular weight is 386 g/mol. The second kappa shape index (κ2) is 11.3. The van der Waals surface area contributed by atoms with E-state index in [1.54, 1.807) is 6.92 Å². The summed E-state index contributed by atoms with van der Waals surface area (Å²) in [6, 6.07) is 0. The van der Waals surface area contributed by atoms with E-state index in [4.69, 9.17) is 5.11 Å². The molecule has 0 spiro atoms. The summed E-state index contributed by atoms with van der Waals surface area (Å²) < 4.78 is 27.6. The number of carboxylic acids is 1. The molecule has 0 heterocycles. The lowest BCUT2D eigenvalue weighted by molar-refractivity contribution is -0.138. The van der Waals surface area contributed by atoms with Gasteiger partial charge in [-0.2, -0.15) is 8.78 Å². The number of carbonyl (C=O) groups excluding carboxylic acids is 2. The van der Waals surface area contributed by atoms with Gasteiger partial charge >= 0.3 is 11.9 Å². The Morgan fingerprint density at radius 1 is 1.15 bits per heavy atom. The Hall–Kier alpha value is -1.59. The lowest BCUT2D eigenvalue weighted by Crippen LogP contribution is -2.27. The van der Waals surface area contributed by atoms with Gasteiger partial charge in [0.2, 0.25) is 5.78 Å². The van der Waals surface area contributed by atoms with E-state index >= 15 is 0 Å². The maximum atomic E-state index is 13.8. The van der Waals surface area contributed by atoms with Crippen LogP contribution in [0.1, 0.15) is 78.1 Å². The van der Waals surface area contributed by atoms with Gasteiger partial charge in [-0.05, 0) is 43.6 Å². The molecule has 27 heavy (non-hydrogen) atoms. The number of unbranched alkanes of at least 4 members (excludes halogenated alkanes) is 3. The Bertz CT molecular complexity index is 542. The molecule has 0 aromatic rings. The minimum Gasteiger partial charge on any atom is -0.481 e. The Morgan fingerprint density at radius 3 is 2.44 bits per heavy atom. The van der Waals surface area contributed by atoms with Crippen LogP contribution in [0.25, 0.3) is 0 Å². The zero-order chi connectivity index (χ0) is 20.4. The molecular formula is C21H32F2O4. The van der Waals surface area contributed by atoms with Crippen LogP contribution in [0.2, 0.25) is 0 Å². The second-order valence-electron chi connectivity index (χ2n) is 7.66. The molecule has 0 radical (unpaired) electrons. The molecular weight excluding hydrogens is 354 g/mol. The zero-order valence-corrected chi connectivity index (χ0v) is 16.4. The third-order valence-corrected chi connectivity index (χ3v) is 5.48. The average Bonchev–Trinajstić information content (AvgIpc) is 2.86. The molecule has 0 unspecified atom stereocenters. The molecule has 1 N–H and O–H groups in total. The maximum absolute atomic E-state index is 13.8. The van der Waals surface area contributed by atoms with E-state index < -0.39 is 17.7 Å². The summed E-state index contributed by atoms with van der Waals surface area (Å²) in [5.74, 6) is -5.21. The van der Waals surface area contributed by atoms with Crippen molar-refractivity contribution in [2.75, 3.05) is 0 Å². The van der Waals surface area contributed by atoms with Crippen molar-refractivity contribution in [2.24, 2.45) is 17.8 Å². The number of carboxylic acid groups (broad SMARTS) is 1. The molecule has 0 amide bonds. The lowest BCUT2D eigenvalue weighted by atomic mass is 9.82. The van der Waals surface area contributed by atoms with Crippen LogP contribution in [0.5, 0.6) is 0 Å². The number of ketones is 2. The summed E-state index contributed by atoms with van der Waals surface area (Å²) in [5.41, 5.74) is 0. The first-order valence-corrected chi connectivity index (χ1v) is 10.0. The summed E-state index contributed by atoms with van der Waals surface area (Å²) in [6.45, 7) is 3.68. The third-order valence-electron chi connectivity index (χ3n) is 5.48. The number of aliphatic carboxylic acids is 1. The van der Waals surface area contributed by atoms with Crippen molar-refractivity contribution >= 4 is 17.5 Å². The Kier molecular flexibility index (Phi) is 9.81. The van der Waals surface area contributed by atoms with E-state index in [9.17, 15) is 23.2 Å². The van der Waals surface area contributed by atoms with Gasteiger partial charge in [-0.3, -0.25) is 14.4 Å². The van der Waals surface area contributed by atoms with Crippen LogP contribution in [-0.2, 0) is 14.4 Å². The van der Waals surface area contributed by atoms with Gasteiger partial charge in [-0.25, -0.2) is 0 Å². The number of alkyl halides is 2. The van der Waals surface area contributed by atoms with E-state index in [0.29, 0.717) is 38.2 Å². The van der Waals surface area contributed by atoms with Crippen LogP contribution in [0, 0.1) is 17.8 Å². The van der Waals surface area contributed by atoms with Gasteiger partial charge < -0.3 is 5.11 Å². The van der Waals surface area contributed by atoms with Gasteiger partial charge in [-0.1, -0.05) is 39.2 Å². The highest BCUT2D eigenvalue weighted by atomic mass is 19.3. The molecule has 3 atom stereocenters. The summed E-state index contributed by atoms with van der Waals surface area (Å²) in [7, 11) is 0. The number of halogens is 2. The van der Waals surface area contributed by atoms with E-state index in [0.717, 1.165) is 19.3 Å². The maximum Gasteiger partial charge on any atom is 0.323 e. The minimum absolute atomic E-state index is 0.0218. The van der Waals surface area contributed by atoms with Crippen molar-refractivity contribution in [3.63, 3.8) is 0 Å². The predicted octanol–water partition coefficient (Wildman–Crippen LogP) is 5.20. The number of hydrogen-bond acceptors (Lipinski definition) is 3. The molecule has 1 fully saturated rings. The Labute approximate surface area is 160 Å². The van der Waals surface area contributed by atoms with E-state index in [2.05, 4.69) is 0 Å². The first kappa shape index (κ1) is 23.4. The van der Waals surface area contributed by atoms with Crippen LogP contribution in [-0.4, -0.2) is 28.6 Å². The molecule has 0 bridgehead atoms. The fraction of sp³-hybridized carbons (Fsp3) is 0.762. The number of Topliss-reactive ketones (excluding diaryl/α,β-unsaturated/α-hetero) is 2. The summed E-state index contributed by atoms with van der Waals surface area (Å²) in [4.78, 5) is 34.6. The van der Waals surface area contributed by atoms with Crippen molar-refractivity contribution in [1.29, 1.82) is 0 Å². The molecule has 0 aromatic heterocycles. The van der Waals surface area contributed by atoms with Gasteiger partial charge in [0.15, 0.2) is 0 Å². The largest absolute Gasteiger partial charge is 0.481 e. The van der Waals surface area contributed by atoms with E-state index in [1.807, 2.05) is 6.92 Å². The van der Waals surface area contributed by atoms with Gasteiger partial charge in [0.25, 0.3) is 0 Å². The highest BCUT2D eigenvalue weighted by Crippen LogP contribution is 2.40. The van der Waals surface area contributed by atoms with Crippen LogP contribution < -0.4 is 0 Å². The number of hydrogen-bond donors (Lipinski definition) is 1. The van der Waals surface area contributed by atoms with E-state index in [1.165, 1.54) is 6.08 Å². The summed E-state index contributed by atoms with van der Waals surface area (Å²) in [6.07, 6.45) is 6.96. The van der Waals surface area contributed by atoms with Gasteiger partial charge in [-0.15, -0.1) is 0 Å². The highest BCUT2D eigenvalue weighted by Gasteiger charge is 2.41. The fourth-order valence-electron chi connectivity index (χ4n) is 3.93. The Morgan fingerprint density at radius 2 is 1.81 bits per heavy atom. The smallest absolute Gasteiger partial charge is 0.323 e. The number of rotatable bonds is 13. The quantitative estimate of drug-likeness (QED) is 0.349. The third kappa shape index (κ3) is 7.89. The molecule has 0 aromatic carbocycles. The molecule has 1 rings (SSSR count). The van der Waals surface area contributed by atoms with Crippen molar-refractivity contribution < 1.29 is 28.3 Å². The minimum atomic E-state index is -3.43. The van der Waals surface area contributed by atoms with Crippen LogP contribution in [0.15, 0.2) is 12.2 Å². The number of allylic oxidation sites excluding steroid dienone is 2. The first-order valence-electron chi connectivity index (χ1n) is 10.0. The van der Waals surface area contributed by atoms with E-state index in [-0.39, 0.29) is 36.4 Å². The predicted molar refractivity (Wildman–Crippen MR) is 99.7 cm³/mol. The second-order valence-corrected chi connectivity index (χ2v) is 7.66. The first-order chi connectivity index (χ1) is 12.7.